The Bertz CT molecular complexity index is 1940. The molecule has 2 saturated carbocycles. The lowest BCUT2D eigenvalue weighted by Gasteiger charge is -2.30. The van der Waals surface area contributed by atoms with Gasteiger partial charge in [0.1, 0.15) is 35.1 Å². The van der Waals surface area contributed by atoms with Crippen LogP contribution in [0.25, 0.3) is 10.8 Å². The van der Waals surface area contributed by atoms with Crippen LogP contribution in [0.2, 0.25) is 0 Å². The van der Waals surface area contributed by atoms with Crippen molar-refractivity contribution in [3.8, 4) is 11.6 Å². The Balaban J connectivity index is 1.45. The van der Waals surface area contributed by atoms with E-state index < -0.39 is 74.3 Å². The molecule has 4 amide bonds. The second-order valence-corrected chi connectivity index (χ2v) is 16.8. The summed E-state index contributed by atoms with van der Waals surface area (Å²) < 4.78 is 44.6. The Kier molecular flexibility index (Phi) is 11.2. The molecule has 0 spiro atoms. The number of aromatic nitrogens is 1. The van der Waals surface area contributed by atoms with E-state index in [1.54, 1.807) is 52.3 Å². The largest absolute Gasteiger partial charge is 0.497 e. The van der Waals surface area contributed by atoms with Gasteiger partial charge in [-0.25, -0.2) is 18.2 Å². The molecule has 0 radical (unpaired) electrons. The van der Waals surface area contributed by atoms with Crippen LogP contribution in [0.15, 0.2) is 55.3 Å². The van der Waals surface area contributed by atoms with Gasteiger partial charge in [0.25, 0.3) is 5.91 Å². The third-order valence-electron chi connectivity index (χ3n) is 9.44. The minimum absolute atomic E-state index is 0.0491. The number of likely N-dealkylation sites (tertiary alicyclic amines) is 1. The van der Waals surface area contributed by atoms with Crippen LogP contribution in [-0.2, 0) is 33.9 Å². The van der Waals surface area contributed by atoms with Gasteiger partial charge in [-0.1, -0.05) is 12.7 Å². The smallest absolute Gasteiger partial charge is 0.408 e. The quantitative estimate of drug-likeness (QED) is 0.178. The normalized spacial score (nSPS) is 23.0. The molecule has 0 bridgehead atoms. The Morgan fingerprint density at radius 2 is 1.87 bits per heavy atom. The van der Waals surface area contributed by atoms with Gasteiger partial charge in [0.2, 0.25) is 27.7 Å². The maximum atomic E-state index is 14.4. The molecule has 15 nitrogen and oxygen atoms in total. The first-order valence-electron chi connectivity index (χ1n) is 17.5. The van der Waals surface area contributed by atoms with Crippen LogP contribution in [-0.4, -0.2) is 96.1 Å². The first-order valence-corrected chi connectivity index (χ1v) is 19.0. The zero-order chi connectivity index (χ0) is 38.9. The van der Waals surface area contributed by atoms with Crippen LogP contribution in [0.4, 0.5) is 4.79 Å². The fourth-order valence-corrected chi connectivity index (χ4v) is 7.66. The van der Waals surface area contributed by atoms with Crippen LogP contribution < -0.4 is 24.8 Å². The molecule has 1 aromatic heterocycles. The topological polar surface area (TPSA) is 199 Å². The minimum atomic E-state index is -3.93. The van der Waals surface area contributed by atoms with Gasteiger partial charge in [-0.05, 0) is 88.6 Å². The van der Waals surface area contributed by atoms with Gasteiger partial charge >= 0.3 is 6.09 Å². The number of fused-ring (bicyclic) bond motifs is 1. The monoisotopic (exact) mass is 753 g/mol. The standard InChI is InChI=1S/C37H47N5O10S/c1-8-23-19-37(23,34(46)41-53(48,49)26-10-11-26)40-31(44)29-18-25(51-32-27-12-9-24(50-7)17-22(27)15-16-38-32)20-42(29)33(45)28(13-14-30(43)21(2)3)39-35(47)52-36(4,5)6/h8-9,12,15-17,23,25-26,28-29H,1-2,10-11,13-14,18-20H2,3-7H3,(H,39,47)(H,40,44)(H,41,46)/t23-,25+,28-,29-,37+/m0/s1. The number of allylic oxidation sites excluding steroid dienone is 1. The van der Waals surface area contributed by atoms with E-state index in [0.717, 1.165) is 5.39 Å². The van der Waals surface area contributed by atoms with Gasteiger partial charge in [0.05, 0.1) is 18.9 Å². The summed E-state index contributed by atoms with van der Waals surface area (Å²) in [6, 6.07) is 4.58. The predicted molar refractivity (Wildman–Crippen MR) is 194 cm³/mol. The lowest BCUT2D eigenvalue weighted by atomic mass is 10.0. The first kappa shape index (κ1) is 39.2. The number of hydrogen-bond donors (Lipinski definition) is 3. The average Bonchev–Trinajstić information content (AvgIpc) is 4.02. The second-order valence-electron chi connectivity index (χ2n) is 14.8. The van der Waals surface area contributed by atoms with Gasteiger partial charge in [-0.3, -0.25) is 23.9 Å². The lowest BCUT2D eigenvalue weighted by molar-refractivity contribution is -0.141. The summed E-state index contributed by atoms with van der Waals surface area (Å²) in [5, 5.41) is 6.06. The van der Waals surface area contributed by atoms with Crippen LogP contribution in [0.1, 0.15) is 66.2 Å². The molecule has 5 rings (SSSR count). The Hall–Kier alpha value is -4.99. The molecule has 5 atom stereocenters. The van der Waals surface area contributed by atoms with Crippen LogP contribution in [0.3, 0.4) is 0 Å². The van der Waals surface area contributed by atoms with E-state index in [1.165, 1.54) is 17.9 Å². The molecule has 3 N–H and O–H groups in total. The molecular weight excluding hydrogens is 706 g/mol. The van der Waals surface area contributed by atoms with Crippen LogP contribution in [0, 0.1) is 5.92 Å². The lowest BCUT2D eigenvalue weighted by Crippen LogP contribution is -2.58. The highest BCUT2D eigenvalue weighted by molar-refractivity contribution is 7.91. The molecule has 3 fully saturated rings. The average molecular weight is 754 g/mol. The van der Waals surface area contributed by atoms with Gasteiger partial charge in [-0.2, -0.15) is 0 Å². The molecule has 2 aromatic rings. The number of carbonyl (C=O) groups is 5. The highest BCUT2D eigenvalue weighted by atomic mass is 32.2. The fraction of sp³-hybridized carbons (Fsp3) is 0.514. The predicted octanol–water partition coefficient (Wildman–Crippen LogP) is 3.08. The summed E-state index contributed by atoms with van der Waals surface area (Å²) >= 11 is 0. The summed E-state index contributed by atoms with van der Waals surface area (Å²) in [6.45, 7) is 13.8. The molecule has 2 aliphatic carbocycles. The molecule has 1 aromatic carbocycles. The molecule has 16 heteroatoms. The van der Waals surface area contributed by atoms with Crippen molar-refractivity contribution in [3.63, 3.8) is 0 Å². The maximum Gasteiger partial charge on any atom is 0.408 e. The van der Waals surface area contributed by atoms with Crippen LogP contribution >= 0.6 is 0 Å². The molecule has 53 heavy (non-hydrogen) atoms. The number of ketones is 1. The summed E-state index contributed by atoms with van der Waals surface area (Å²) in [5.41, 5.74) is -2.23. The molecular formula is C37H47N5O10S. The number of ether oxygens (including phenoxy) is 3. The number of hydrogen-bond acceptors (Lipinski definition) is 11. The Labute approximate surface area is 308 Å². The number of alkyl carbamates (subject to hydrolysis) is 1. The molecule has 1 saturated heterocycles. The highest BCUT2D eigenvalue weighted by Crippen LogP contribution is 2.45. The van der Waals surface area contributed by atoms with Crippen molar-refractivity contribution in [2.75, 3.05) is 13.7 Å². The van der Waals surface area contributed by atoms with Crippen LogP contribution in [0.5, 0.6) is 11.6 Å². The van der Waals surface area contributed by atoms with Crippen molar-refractivity contribution in [2.45, 2.75) is 101 Å². The zero-order valence-electron chi connectivity index (χ0n) is 30.6. The third-order valence-corrected chi connectivity index (χ3v) is 11.3. The zero-order valence-corrected chi connectivity index (χ0v) is 31.4. The van der Waals surface area contributed by atoms with Gasteiger partial charge in [-0.15, -0.1) is 6.58 Å². The van der Waals surface area contributed by atoms with Crippen molar-refractivity contribution < 1.29 is 46.6 Å². The summed E-state index contributed by atoms with van der Waals surface area (Å²) in [6.07, 6.45) is 1.99. The number of pyridine rings is 1. The van der Waals surface area contributed by atoms with E-state index in [4.69, 9.17) is 14.2 Å². The number of nitrogens with zero attached hydrogens (tertiary/aromatic N) is 2. The fourth-order valence-electron chi connectivity index (χ4n) is 6.30. The Morgan fingerprint density at radius 1 is 1.15 bits per heavy atom. The van der Waals surface area contributed by atoms with Crippen molar-refractivity contribution in [1.29, 1.82) is 0 Å². The van der Waals surface area contributed by atoms with Gasteiger partial charge < -0.3 is 29.7 Å². The van der Waals surface area contributed by atoms with E-state index in [2.05, 4.69) is 33.5 Å². The first-order chi connectivity index (χ1) is 24.9. The summed E-state index contributed by atoms with van der Waals surface area (Å²) in [4.78, 5) is 73.2. The van der Waals surface area contributed by atoms with E-state index >= 15 is 0 Å². The SMILES string of the molecule is C=C[C@H]1C[C@]1(NC(=O)[C@@H]1C[C@@H](Oc2nccc3cc(OC)ccc23)CN1C(=O)[C@H](CCC(=O)C(=C)C)NC(=O)OC(C)(C)C)C(=O)NS(=O)(=O)C1CC1. The number of rotatable bonds is 15. The molecule has 2 heterocycles. The van der Waals surface area contributed by atoms with Crippen molar-refractivity contribution in [3.05, 3.63) is 55.3 Å². The van der Waals surface area contributed by atoms with E-state index in [9.17, 15) is 32.4 Å². The third kappa shape index (κ3) is 9.15. The summed E-state index contributed by atoms with van der Waals surface area (Å²) in [5.74, 6) is -2.33. The number of sulfonamides is 1. The second kappa shape index (κ2) is 15.2. The van der Waals surface area contributed by atoms with E-state index in [-0.39, 0.29) is 49.5 Å². The molecule has 0 unspecified atom stereocenters. The number of amides is 4. The van der Waals surface area contributed by atoms with Gasteiger partial charge in [0, 0.05) is 30.3 Å². The maximum absolute atomic E-state index is 14.4. The van der Waals surface area contributed by atoms with E-state index in [1.807, 2.05) is 6.07 Å². The molecule has 3 aliphatic rings. The highest BCUT2D eigenvalue weighted by Gasteiger charge is 2.62. The number of benzene rings is 1. The number of Topliss-reactive ketones (excluding diaryl/α,β-unsaturated/α-hetero) is 1. The number of carbonyl (C=O) groups excluding carboxylic acids is 5. The van der Waals surface area contributed by atoms with Gasteiger partial charge in [0.15, 0.2) is 5.78 Å². The summed E-state index contributed by atoms with van der Waals surface area (Å²) in [7, 11) is -2.38. The van der Waals surface area contributed by atoms with Crippen molar-refractivity contribution in [2.24, 2.45) is 5.92 Å². The van der Waals surface area contributed by atoms with Crippen molar-refractivity contribution >= 4 is 50.4 Å². The minimum Gasteiger partial charge on any atom is -0.497 e. The Morgan fingerprint density at radius 3 is 2.47 bits per heavy atom. The van der Waals surface area contributed by atoms with Crippen molar-refractivity contribution in [1.82, 2.24) is 25.2 Å². The number of methoxy groups -OCH3 is 1. The molecule has 286 valence electrons. The number of nitrogens with one attached hydrogen (secondary N) is 3. The molecule has 1 aliphatic heterocycles. The van der Waals surface area contributed by atoms with E-state index in [0.29, 0.717) is 24.0 Å².